The summed E-state index contributed by atoms with van der Waals surface area (Å²) >= 11 is 6.62. The maximum atomic E-state index is 12.9. The van der Waals surface area contributed by atoms with Crippen molar-refractivity contribution in [3.63, 3.8) is 0 Å². The molecule has 0 spiro atoms. The average molecular weight is 371 g/mol. The molecule has 2 aliphatic carbocycles. The van der Waals surface area contributed by atoms with E-state index in [0.29, 0.717) is 11.9 Å². The molecule has 1 aromatic rings. The molecule has 4 heteroatoms. The molecule has 1 saturated heterocycles. The molecule has 1 aliphatic heterocycles. The number of nitrogens with zero attached hydrogens (tertiary/aromatic N) is 2. The summed E-state index contributed by atoms with van der Waals surface area (Å²) in [5, 5.41) is 0.892. The van der Waals surface area contributed by atoms with Crippen molar-refractivity contribution < 1.29 is 4.79 Å². The zero-order valence-corrected chi connectivity index (χ0v) is 16.0. The van der Waals surface area contributed by atoms with Gasteiger partial charge >= 0.3 is 0 Å². The van der Waals surface area contributed by atoms with Crippen LogP contribution in [-0.2, 0) is 4.79 Å². The first-order valence-corrected chi connectivity index (χ1v) is 10.4. The number of hydrogen-bond acceptors (Lipinski definition) is 2. The lowest BCUT2D eigenvalue weighted by Crippen LogP contribution is -2.39. The van der Waals surface area contributed by atoms with Crippen LogP contribution >= 0.6 is 11.6 Å². The minimum Gasteiger partial charge on any atom is -0.339 e. The summed E-state index contributed by atoms with van der Waals surface area (Å²) in [5.41, 5.74) is 2.31. The van der Waals surface area contributed by atoms with Crippen LogP contribution in [0.1, 0.15) is 56.9 Å². The number of amides is 1. The predicted molar refractivity (Wildman–Crippen MR) is 106 cm³/mol. The van der Waals surface area contributed by atoms with E-state index in [2.05, 4.69) is 22.0 Å². The highest BCUT2D eigenvalue weighted by atomic mass is 35.5. The molecule has 0 N–H and O–H groups in total. The second-order valence-corrected chi connectivity index (χ2v) is 8.34. The lowest BCUT2D eigenvalue weighted by atomic mass is 9.85. The van der Waals surface area contributed by atoms with Gasteiger partial charge in [0.1, 0.15) is 0 Å². The summed E-state index contributed by atoms with van der Waals surface area (Å²) in [6, 6.07) is 4.52. The van der Waals surface area contributed by atoms with Crippen molar-refractivity contribution in [2.24, 2.45) is 11.8 Å². The summed E-state index contributed by atoms with van der Waals surface area (Å²) < 4.78 is 0. The Morgan fingerprint density at radius 1 is 1.08 bits per heavy atom. The topological polar surface area (TPSA) is 33.2 Å². The number of halogens is 1. The van der Waals surface area contributed by atoms with E-state index in [1.165, 1.54) is 32.1 Å². The molecule has 0 radical (unpaired) electrons. The molecule has 1 aromatic heterocycles. The Bertz CT molecular complexity index is 706. The number of carbonyl (C=O) groups is 1. The van der Waals surface area contributed by atoms with Crippen molar-refractivity contribution in [2.75, 3.05) is 6.54 Å². The van der Waals surface area contributed by atoms with Crippen molar-refractivity contribution in [3.05, 3.63) is 47.3 Å². The minimum absolute atomic E-state index is 0.153. The van der Waals surface area contributed by atoms with Crippen molar-refractivity contribution >= 4 is 23.1 Å². The third kappa shape index (κ3) is 3.73. The lowest BCUT2D eigenvalue weighted by molar-refractivity contribution is -0.133. The normalized spacial score (nSPS) is 27.4. The number of aromatic nitrogens is 1. The third-order valence-electron chi connectivity index (χ3n) is 6.25. The number of allylic oxidation sites excluding steroid dienone is 4. The highest BCUT2D eigenvalue weighted by molar-refractivity contribution is 6.30. The Kier molecular flexibility index (Phi) is 5.44. The Labute approximate surface area is 161 Å². The minimum atomic E-state index is 0.153. The van der Waals surface area contributed by atoms with Crippen LogP contribution in [-0.4, -0.2) is 28.4 Å². The van der Waals surface area contributed by atoms with Gasteiger partial charge in [-0.3, -0.25) is 9.78 Å². The van der Waals surface area contributed by atoms with Gasteiger partial charge in [0.25, 0.3) is 0 Å². The van der Waals surface area contributed by atoms with Gasteiger partial charge < -0.3 is 4.90 Å². The Morgan fingerprint density at radius 3 is 2.58 bits per heavy atom. The van der Waals surface area contributed by atoms with Crippen LogP contribution in [0.15, 0.2) is 41.7 Å². The zero-order valence-electron chi connectivity index (χ0n) is 15.2. The van der Waals surface area contributed by atoms with Crippen LogP contribution in [0, 0.1) is 11.8 Å². The Balaban J connectivity index is 1.37. The van der Waals surface area contributed by atoms with Gasteiger partial charge in [0.15, 0.2) is 0 Å². The van der Waals surface area contributed by atoms with Gasteiger partial charge in [0.2, 0.25) is 5.91 Å². The number of likely N-dealkylation sites (tertiary alicyclic amines) is 1. The molecular formula is C22H27ClN2O. The smallest absolute Gasteiger partial charge is 0.226 e. The fraction of sp³-hybridized carbons (Fsp3) is 0.545. The van der Waals surface area contributed by atoms with Crippen molar-refractivity contribution in [2.45, 2.75) is 57.4 Å². The second-order valence-electron chi connectivity index (χ2n) is 7.90. The zero-order chi connectivity index (χ0) is 17.9. The van der Waals surface area contributed by atoms with E-state index in [1.54, 1.807) is 12.4 Å². The van der Waals surface area contributed by atoms with Crippen LogP contribution in [0.25, 0.3) is 5.57 Å². The Morgan fingerprint density at radius 2 is 1.85 bits per heavy atom. The molecule has 2 unspecified atom stereocenters. The van der Waals surface area contributed by atoms with Gasteiger partial charge in [-0.1, -0.05) is 36.9 Å². The Hall–Kier alpha value is -1.61. The van der Waals surface area contributed by atoms with Crippen molar-refractivity contribution in [1.29, 1.82) is 0 Å². The van der Waals surface area contributed by atoms with Crippen molar-refractivity contribution in [3.8, 4) is 0 Å². The number of pyridine rings is 1. The fourth-order valence-corrected chi connectivity index (χ4v) is 5.04. The molecule has 2 atom stereocenters. The maximum Gasteiger partial charge on any atom is 0.226 e. The van der Waals surface area contributed by atoms with Crippen LogP contribution in [0.2, 0.25) is 0 Å². The molecule has 2 heterocycles. The third-order valence-corrected chi connectivity index (χ3v) is 6.67. The summed E-state index contributed by atoms with van der Waals surface area (Å²) in [6.07, 6.45) is 17.0. The standard InChI is InChI=1S/C22H27ClN2O/c23-21-15-17(16-8-11-24-12-9-16)6-7-18(21)14-19-10-13-25(22(19)26)20-4-2-1-3-5-20/h6,8-9,11-12,15,18-20H,1-5,7,10,13-14H2. The van der Waals surface area contributed by atoms with E-state index in [0.717, 1.165) is 42.0 Å². The average Bonchev–Trinajstić information content (AvgIpc) is 3.05. The first-order chi connectivity index (χ1) is 12.7. The van der Waals surface area contributed by atoms with E-state index in [4.69, 9.17) is 11.6 Å². The molecule has 2 fully saturated rings. The summed E-state index contributed by atoms with van der Waals surface area (Å²) in [7, 11) is 0. The van der Waals surface area contributed by atoms with E-state index in [1.807, 2.05) is 12.1 Å². The first kappa shape index (κ1) is 17.8. The van der Waals surface area contributed by atoms with E-state index in [9.17, 15) is 4.79 Å². The van der Waals surface area contributed by atoms with E-state index >= 15 is 0 Å². The molecular weight excluding hydrogens is 344 g/mol. The van der Waals surface area contributed by atoms with Crippen LogP contribution < -0.4 is 0 Å². The molecule has 3 nitrogen and oxygen atoms in total. The molecule has 3 aliphatic rings. The van der Waals surface area contributed by atoms with Gasteiger partial charge in [0.05, 0.1) is 0 Å². The van der Waals surface area contributed by atoms with E-state index in [-0.39, 0.29) is 11.8 Å². The van der Waals surface area contributed by atoms with Crippen molar-refractivity contribution in [1.82, 2.24) is 9.88 Å². The largest absolute Gasteiger partial charge is 0.339 e. The number of rotatable bonds is 4. The van der Waals surface area contributed by atoms with Crippen LogP contribution in [0.5, 0.6) is 0 Å². The quantitative estimate of drug-likeness (QED) is 0.731. The molecule has 138 valence electrons. The molecule has 1 amide bonds. The molecule has 4 rings (SSSR count). The lowest BCUT2D eigenvalue weighted by Gasteiger charge is -2.31. The molecule has 26 heavy (non-hydrogen) atoms. The van der Waals surface area contributed by atoms with Crippen LogP contribution in [0.4, 0.5) is 0 Å². The van der Waals surface area contributed by atoms with E-state index < -0.39 is 0 Å². The summed E-state index contributed by atoms with van der Waals surface area (Å²) in [4.78, 5) is 19.2. The fourth-order valence-electron chi connectivity index (χ4n) is 4.74. The molecule has 0 bridgehead atoms. The second kappa shape index (κ2) is 7.96. The monoisotopic (exact) mass is 370 g/mol. The number of hydrogen-bond donors (Lipinski definition) is 0. The highest BCUT2D eigenvalue weighted by Gasteiger charge is 2.37. The summed E-state index contributed by atoms with van der Waals surface area (Å²) in [6.45, 7) is 0.945. The maximum absolute atomic E-state index is 12.9. The summed E-state index contributed by atoms with van der Waals surface area (Å²) in [5.74, 6) is 0.813. The van der Waals surface area contributed by atoms with Gasteiger partial charge in [-0.05, 0) is 67.4 Å². The molecule has 0 aromatic carbocycles. The predicted octanol–water partition coefficient (Wildman–Crippen LogP) is 5.18. The molecule has 1 saturated carbocycles. The first-order valence-electron chi connectivity index (χ1n) is 10.0. The SMILES string of the molecule is O=C1C(CC2CC=C(c3ccncc3)C=C2Cl)CCN1C1CCCCC1. The van der Waals surface area contributed by atoms with Crippen LogP contribution in [0.3, 0.4) is 0 Å². The van der Waals surface area contributed by atoms with Gasteiger partial charge in [-0.2, -0.15) is 0 Å². The van der Waals surface area contributed by atoms with Gasteiger partial charge in [-0.25, -0.2) is 0 Å². The highest BCUT2D eigenvalue weighted by Crippen LogP contribution is 2.38. The van der Waals surface area contributed by atoms with Gasteiger partial charge in [-0.15, -0.1) is 0 Å². The number of carbonyl (C=O) groups excluding carboxylic acids is 1. The van der Waals surface area contributed by atoms with Gasteiger partial charge in [0, 0.05) is 35.9 Å².